The van der Waals surface area contributed by atoms with E-state index in [0.717, 1.165) is 115 Å². The van der Waals surface area contributed by atoms with E-state index in [-0.39, 0.29) is 6.42 Å². The van der Waals surface area contributed by atoms with Crippen LogP contribution < -0.4 is 21.4 Å². The Morgan fingerprint density at radius 2 is 0.964 bits per heavy atom. The van der Waals surface area contributed by atoms with Gasteiger partial charge in [0.2, 0.25) is 0 Å². The van der Waals surface area contributed by atoms with Crippen molar-refractivity contribution >= 4 is 28.3 Å². The number of rotatable bonds is 10. The van der Waals surface area contributed by atoms with Crippen LogP contribution in [0.4, 0.5) is 0 Å². The third-order valence-corrected chi connectivity index (χ3v) is 10.4. The van der Waals surface area contributed by atoms with Crippen molar-refractivity contribution in [2.75, 3.05) is 13.1 Å². The lowest BCUT2D eigenvalue weighted by atomic mass is 10.00. The fraction of sp³-hybridized carbons (Fsp3) is 0.130. The molecule has 0 atom stereocenters. The molecule has 56 heavy (non-hydrogen) atoms. The van der Waals surface area contributed by atoms with E-state index in [0.29, 0.717) is 6.42 Å². The van der Waals surface area contributed by atoms with Gasteiger partial charge in [0.25, 0.3) is 0 Å². The van der Waals surface area contributed by atoms with E-state index in [1.807, 2.05) is 73.6 Å². The van der Waals surface area contributed by atoms with E-state index in [9.17, 15) is 4.79 Å². The molecular formula is C46H40N8O2. The number of aromatic amines is 4. The Kier molecular flexibility index (Phi) is 9.42. The molecule has 2 aliphatic heterocycles. The molecule has 10 heteroatoms. The van der Waals surface area contributed by atoms with Crippen LogP contribution in [0.25, 0.3) is 22.3 Å². The summed E-state index contributed by atoms with van der Waals surface area (Å²) in [6.45, 7) is 1.63. The summed E-state index contributed by atoms with van der Waals surface area (Å²) in [5, 5.41) is 12.9. The molecule has 0 aliphatic carbocycles. The number of H-pyrrole nitrogens is 4. The summed E-state index contributed by atoms with van der Waals surface area (Å²) in [6, 6.07) is 29.5. The van der Waals surface area contributed by atoms with Crippen molar-refractivity contribution in [2.24, 2.45) is 0 Å². The van der Waals surface area contributed by atoms with Gasteiger partial charge in [-0.25, -0.2) is 0 Å². The van der Waals surface area contributed by atoms with Crippen LogP contribution in [0, 0.1) is 0 Å². The molecular weight excluding hydrogens is 697 g/mol. The summed E-state index contributed by atoms with van der Waals surface area (Å²) in [5.74, 6) is -0.735. The number of nitrogens with zero attached hydrogens (tertiary/aromatic N) is 4. The second-order valence-electron chi connectivity index (χ2n) is 14.0. The topological polar surface area (TPSA) is 142 Å². The van der Waals surface area contributed by atoms with Crippen LogP contribution in [-0.2, 0) is 4.79 Å². The fourth-order valence-electron chi connectivity index (χ4n) is 7.78. The largest absolute Gasteiger partial charge is 0.481 e. The van der Waals surface area contributed by atoms with Gasteiger partial charge in [0, 0.05) is 123 Å². The fourth-order valence-corrected chi connectivity index (χ4v) is 7.78. The maximum absolute atomic E-state index is 11.0. The van der Waals surface area contributed by atoms with Crippen molar-refractivity contribution in [1.82, 2.24) is 39.8 Å². The first-order chi connectivity index (χ1) is 27.6. The summed E-state index contributed by atoms with van der Waals surface area (Å²) < 4.78 is 0. The van der Waals surface area contributed by atoms with Crippen LogP contribution in [0.2, 0.25) is 0 Å². The quantitative estimate of drug-likeness (QED) is 0.127. The van der Waals surface area contributed by atoms with Crippen molar-refractivity contribution in [2.45, 2.75) is 25.7 Å². The van der Waals surface area contributed by atoms with Gasteiger partial charge in [-0.2, -0.15) is 0 Å². The molecule has 9 rings (SSSR count). The Labute approximate surface area is 322 Å². The zero-order chi connectivity index (χ0) is 37.8. The number of hydrogen-bond donors (Lipinski definition) is 5. The Bertz CT molecular complexity index is 2840. The van der Waals surface area contributed by atoms with E-state index >= 15 is 0 Å². The number of carboxylic acid groups (broad SMARTS) is 1. The predicted octanol–water partition coefficient (Wildman–Crippen LogP) is 4.84. The van der Waals surface area contributed by atoms with Gasteiger partial charge in [-0.3, -0.25) is 19.7 Å². The number of unbranched alkanes of at least 4 members (excludes halogenated alkanes) is 2. The molecule has 8 bridgehead atoms. The monoisotopic (exact) mass is 736 g/mol. The van der Waals surface area contributed by atoms with Gasteiger partial charge in [-0.15, -0.1) is 0 Å². The van der Waals surface area contributed by atoms with Gasteiger partial charge in [0.1, 0.15) is 0 Å². The van der Waals surface area contributed by atoms with Crippen molar-refractivity contribution < 1.29 is 9.90 Å². The van der Waals surface area contributed by atoms with Crippen LogP contribution in [0.1, 0.15) is 65.1 Å². The molecule has 0 aromatic carbocycles. The molecule has 0 radical (unpaired) electrons. The summed E-state index contributed by atoms with van der Waals surface area (Å²) in [6.07, 6.45) is 20.3. The van der Waals surface area contributed by atoms with Gasteiger partial charge >= 0.3 is 5.97 Å². The smallest absolute Gasteiger partial charge is 0.303 e. The first-order valence-corrected chi connectivity index (χ1v) is 18.9. The second-order valence-corrected chi connectivity index (χ2v) is 14.0. The first kappa shape index (κ1) is 34.6. The van der Waals surface area contributed by atoms with Crippen LogP contribution in [0.5, 0.6) is 0 Å². The van der Waals surface area contributed by atoms with E-state index in [1.165, 1.54) is 0 Å². The molecule has 0 fully saturated rings. The molecule has 0 unspecified atom stereocenters. The van der Waals surface area contributed by atoms with Crippen LogP contribution in [0.15, 0.2) is 146 Å². The van der Waals surface area contributed by atoms with Crippen LogP contribution >= 0.6 is 0 Å². The Balaban J connectivity index is 1.26. The molecule has 0 saturated carbocycles. The molecule has 9 heterocycles. The van der Waals surface area contributed by atoms with Crippen molar-refractivity contribution in [3.63, 3.8) is 0 Å². The third kappa shape index (κ3) is 6.96. The number of hydrogen-bond acceptors (Lipinski definition) is 5. The number of carbonyl (C=O) groups is 1. The van der Waals surface area contributed by atoms with E-state index in [4.69, 9.17) is 5.11 Å². The average Bonchev–Trinajstić information content (AvgIpc) is 4.08. The number of pyridine rings is 3. The highest BCUT2D eigenvalue weighted by atomic mass is 16.4. The van der Waals surface area contributed by atoms with Crippen molar-refractivity contribution in [3.05, 3.63) is 207 Å². The maximum Gasteiger partial charge on any atom is 0.303 e. The average molecular weight is 737 g/mol. The molecule has 7 aromatic heterocycles. The molecule has 5 N–H and O–H groups in total. The van der Waals surface area contributed by atoms with Gasteiger partial charge in [-0.05, 0) is 132 Å². The number of nitrogens with one attached hydrogen (secondary N) is 4. The van der Waals surface area contributed by atoms with E-state index < -0.39 is 5.97 Å². The number of aromatic nitrogens is 7. The minimum atomic E-state index is -0.735. The molecule has 7 aromatic rings. The Hall–Kier alpha value is -7.20. The summed E-state index contributed by atoms with van der Waals surface area (Å²) in [4.78, 5) is 41.5. The summed E-state index contributed by atoms with van der Waals surface area (Å²) >= 11 is 0. The highest BCUT2D eigenvalue weighted by molar-refractivity contribution is 5.85. The number of allylic oxidation sites excluding steroid dienone is 2. The SMILES string of the molecule is O=C(O)CCCCCN1C=CC(C2=c3ccc([nH]3)=C(c3ccncc3)c3ccc([nH]3)C(c3ccncc3)=c3ccc([nH]3)=C(c3ccncc3)c3ccc2[nH]3)=CC1. The predicted molar refractivity (Wildman–Crippen MR) is 217 cm³/mol. The summed E-state index contributed by atoms with van der Waals surface area (Å²) in [7, 11) is 0. The first-order valence-electron chi connectivity index (χ1n) is 18.9. The lowest BCUT2D eigenvalue weighted by molar-refractivity contribution is -0.137. The number of carboxylic acids is 1. The lowest BCUT2D eigenvalue weighted by Crippen LogP contribution is -2.23. The van der Waals surface area contributed by atoms with Gasteiger partial charge < -0.3 is 29.9 Å². The van der Waals surface area contributed by atoms with Gasteiger partial charge in [-0.1, -0.05) is 12.5 Å². The third-order valence-electron chi connectivity index (χ3n) is 10.4. The maximum atomic E-state index is 11.0. The minimum Gasteiger partial charge on any atom is -0.481 e. The normalized spacial score (nSPS) is 14.0. The highest BCUT2D eigenvalue weighted by Gasteiger charge is 2.19. The van der Waals surface area contributed by atoms with Crippen molar-refractivity contribution in [3.8, 4) is 0 Å². The number of aliphatic carboxylic acids is 1. The van der Waals surface area contributed by atoms with Crippen molar-refractivity contribution in [1.29, 1.82) is 0 Å². The standard InChI is InChI=1S/C46H40N8O2/c55-42(56)4-2-1-3-27-54-28-19-33(20-29-54)46-40-11-9-38(52-40)44(31-15-23-48-24-16-31)36-7-5-34(50-36)43(30-13-21-47-22-14-30)35-6-8-37(51-35)45(32-17-25-49-26-18-32)39-10-12-41(46)53-39/h5-26,28,50-53H,1-4,27,29H2,(H,55,56). The molecule has 0 saturated heterocycles. The second kappa shape index (κ2) is 15.3. The number of fused-ring (bicyclic) bond motifs is 8. The lowest BCUT2D eigenvalue weighted by Gasteiger charge is -2.23. The van der Waals surface area contributed by atoms with Crippen LogP contribution in [0.3, 0.4) is 0 Å². The minimum absolute atomic E-state index is 0.218. The molecule has 276 valence electrons. The molecule has 2 aliphatic rings. The summed E-state index contributed by atoms with van der Waals surface area (Å²) in [5.41, 5.74) is 12.2. The Morgan fingerprint density at radius 1 is 0.536 bits per heavy atom. The van der Waals surface area contributed by atoms with Gasteiger partial charge in [0.05, 0.1) is 0 Å². The highest BCUT2D eigenvalue weighted by Crippen LogP contribution is 2.28. The van der Waals surface area contributed by atoms with Gasteiger partial charge in [0.15, 0.2) is 0 Å². The zero-order valence-electron chi connectivity index (χ0n) is 30.7. The van der Waals surface area contributed by atoms with Crippen LogP contribution in [-0.4, -0.2) is 64.0 Å². The Morgan fingerprint density at radius 3 is 1.38 bits per heavy atom. The molecule has 0 amide bonds. The van der Waals surface area contributed by atoms with E-state index in [1.54, 1.807) is 0 Å². The zero-order valence-corrected chi connectivity index (χ0v) is 30.7. The molecule has 10 nitrogen and oxygen atoms in total. The van der Waals surface area contributed by atoms with E-state index in [2.05, 4.69) is 107 Å². The molecule has 0 spiro atoms.